The number of halogens is 1. The van der Waals surface area contributed by atoms with E-state index < -0.39 is 0 Å². The van der Waals surface area contributed by atoms with Gasteiger partial charge in [-0.3, -0.25) is 14.6 Å². The lowest BCUT2D eigenvalue weighted by Gasteiger charge is -2.38. The van der Waals surface area contributed by atoms with Crippen LogP contribution in [0.4, 0.5) is 0 Å². The lowest BCUT2D eigenvalue weighted by atomic mass is 9.87. The van der Waals surface area contributed by atoms with Crippen LogP contribution in [0.2, 0.25) is 0 Å². The van der Waals surface area contributed by atoms with Crippen molar-refractivity contribution in [2.75, 3.05) is 44.7 Å². The summed E-state index contributed by atoms with van der Waals surface area (Å²) in [4.78, 5) is 9.41. The maximum atomic E-state index is 6.23. The monoisotopic (exact) mass is 464 g/mol. The van der Waals surface area contributed by atoms with Crippen molar-refractivity contribution < 1.29 is 0 Å². The third-order valence-electron chi connectivity index (χ3n) is 4.99. The highest BCUT2D eigenvalue weighted by atomic mass is 127. The molecule has 2 aliphatic rings. The van der Waals surface area contributed by atoms with Gasteiger partial charge < -0.3 is 10.6 Å². The zero-order valence-electron chi connectivity index (χ0n) is 14.6. The van der Waals surface area contributed by atoms with Gasteiger partial charge in [-0.25, -0.2) is 0 Å². The van der Waals surface area contributed by atoms with E-state index in [-0.39, 0.29) is 24.0 Å². The quantitative estimate of drug-likeness (QED) is 0.420. The molecular weight excluding hydrogens is 435 g/mol. The number of thioether (sulfide) groups is 1. The fourth-order valence-electron chi connectivity index (χ4n) is 3.70. The first-order valence-corrected chi connectivity index (χ1v) is 9.63. The Hall–Kier alpha value is -0.480. The Labute approximate surface area is 166 Å². The standard InChI is InChI=1S/C16H28N6S.HI/c1-20-7-3-4-13(15(20)14-5-6-19-21(14)2)12-18-16(17)22-8-10-23-11-9-22;/h5-6,13,15H,3-4,7-12H2,1-2H3,(H2,17,18);1H/t13-,15+;/m0./s1. The molecule has 8 heteroatoms. The number of hydrogen-bond acceptors (Lipinski definition) is 4. The number of guanidine groups is 1. The largest absolute Gasteiger partial charge is 0.370 e. The van der Waals surface area contributed by atoms with E-state index in [9.17, 15) is 0 Å². The summed E-state index contributed by atoms with van der Waals surface area (Å²) < 4.78 is 1.99. The molecule has 0 radical (unpaired) electrons. The topological polar surface area (TPSA) is 62.7 Å². The molecule has 3 rings (SSSR count). The van der Waals surface area contributed by atoms with Gasteiger partial charge in [-0.15, -0.1) is 24.0 Å². The second-order valence-electron chi connectivity index (χ2n) is 6.51. The van der Waals surface area contributed by atoms with Crippen LogP contribution in [0, 0.1) is 5.92 Å². The third-order valence-corrected chi connectivity index (χ3v) is 5.93. The number of piperidine rings is 1. The van der Waals surface area contributed by atoms with E-state index in [2.05, 4.69) is 28.0 Å². The van der Waals surface area contributed by atoms with Gasteiger partial charge in [-0.2, -0.15) is 16.9 Å². The van der Waals surface area contributed by atoms with E-state index in [1.807, 2.05) is 29.7 Å². The highest BCUT2D eigenvalue weighted by molar-refractivity contribution is 14.0. The number of nitrogens with zero attached hydrogens (tertiary/aromatic N) is 5. The minimum Gasteiger partial charge on any atom is -0.370 e. The minimum atomic E-state index is 0. The predicted octanol–water partition coefficient (Wildman–Crippen LogP) is 1.78. The van der Waals surface area contributed by atoms with Crippen LogP contribution in [0.15, 0.2) is 17.3 Å². The predicted molar refractivity (Wildman–Crippen MR) is 112 cm³/mol. The lowest BCUT2D eigenvalue weighted by molar-refractivity contribution is 0.118. The summed E-state index contributed by atoms with van der Waals surface area (Å²) in [6.45, 7) is 3.98. The van der Waals surface area contributed by atoms with Crippen LogP contribution in [0.5, 0.6) is 0 Å². The van der Waals surface area contributed by atoms with Crippen molar-refractivity contribution in [1.82, 2.24) is 19.6 Å². The fourth-order valence-corrected chi connectivity index (χ4v) is 4.60. The molecule has 1 aromatic heterocycles. The molecule has 24 heavy (non-hydrogen) atoms. The minimum absolute atomic E-state index is 0. The lowest BCUT2D eigenvalue weighted by Crippen LogP contribution is -2.43. The number of hydrogen-bond donors (Lipinski definition) is 1. The van der Waals surface area contributed by atoms with Gasteiger partial charge >= 0.3 is 0 Å². The third kappa shape index (κ3) is 4.57. The van der Waals surface area contributed by atoms with Crippen LogP contribution >= 0.6 is 35.7 Å². The van der Waals surface area contributed by atoms with Crippen molar-refractivity contribution in [2.24, 2.45) is 23.7 Å². The molecule has 3 heterocycles. The Kier molecular flexibility index (Phi) is 7.67. The van der Waals surface area contributed by atoms with Gasteiger partial charge in [0.15, 0.2) is 5.96 Å². The molecule has 2 N–H and O–H groups in total. The van der Waals surface area contributed by atoms with Crippen molar-refractivity contribution in [2.45, 2.75) is 18.9 Å². The van der Waals surface area contributed by atoms with Crippen LogP contribution in [0.3, 0.4) is 0 Å². The summed E-state index contributed by atoms with van der Waals surface area (Å²) in [7, 11) is 4.23. The molecule has 0 saturated carbocycles. The van der Waals surface area contributed by atoms with Gasteiger partial charge in [0.25, 0.3) is 0 Å². The van der Waals surface area contributed by atoms with Crippen molar-refractivity contribution >= 4 is 41.7 Å². The number of aromatic nitrogens is 2. The summed E-state index contributed by atoms with van der Waals surface area (Å²) in [5.74, 6) is 3.53. The number of rotatable bonds is 3. The van der Waals surface area contributed by atoms with Crippen molar-refractivity contribution in [3.8, 4) is 0 Å². The molecule has 2 fully saturated rings. The average molecular weight is 464 g/mol. The van der Waals surface area contributed by atoms with Gasteiger partial charge in [-0.05, 0) is 38.4 Å². The molecule has 2 atom stereocenters. The van der Waals surface area contributed by atoms with Gasteiger partial charge in [0.05, 0.1) is 11.7 Å². The Morgan fingerprint density at radius 2 is 2.08 bits per heavy atom. The zero-order chi connectivity index (χ0) is 16.2. The van der Waals surface area contributed by atoms with Crippen LogP contribution in [0.25, 0.3) is 0 Å². The molecule has 0 spiro atoms. The van der Waals surface area contributed by atoms with E-state index in [4.69, 9.17) is 10.7 Å². The molecule has 0 aliphatic carbocycles. The first-order chi connectivity index (χ1) is 11.2. The fraction of sp³-hybridized carbons (Fsp3) is 0.750. The number of aliphatic imine (C=N–C) groups is 1. The van der Waals surface area contributed by atoms with Crippen LogP contribution in [-0.4, -0.2) is 70.3 Å². The van der Waals surface area contributed by atoms with E-state index in [1.165, 1.54) is 18.5 Å². The van der Waals surface area contributed by atoms with Crippen LogP contribution in [-0.2, 0) is 7.05 Å². The van der Waals surface area contributed by atoms with Gasteiger partial charge in [-0.1, -0.05) is 0 Å². The molecule has 6 nitrogen and oxygen atoms in total. The summed E-state index contributed by atoms with van der Waals surface area (Å²) in [6.07, 6.45) is 4.32. The maximum absolute atomic E-state index is 6.23. The Morgan fingerprint density at radius 3 is 2.75 bits per heavy atom. The Balaban J connectivity index is 0.00000208. The van der Waals surface area contributed by atoms with E-state index in [0.717, 1.165) is 43.6 Å². The maximum Gasteiger partial charge on any atom is 0.191 e. The molecule has 2 aliphatic heterocycles. The summed E-state index contributed by atoms with van der Waals surface area (Å²) in [5, 5.41) is 4.35. The average Bonchev–Trinajstić information content (AvgIpc) is 2.99. The van der Waals surface area contributed by atoms with E-state index in [0.29, 0.717) is 12.0 Å². The first kappa shape index (κ1) is 19.8. The number of nitrogens with two attached hydrogens (primary N) is 1. The molecule has 2 saturated heterocycles. The molecule has 0 bridgehead atoms. The van der Waals surface area contributed by atoms with Crippen LogP contribution < -0.4 is 5.73 Å². The smallest absolute Gasteiger partial charge is 0.191 e. The SMILES string of the molecule is CN1CCC[C@@H](CN=C(N)N2CCSCC2)[C@@H]1c1ccnn1C.I. The van der Waals surface area contributed by atoms with E-state index >= 15 is 0 Å². The highest BCUT2D eigenvalue weighted by Crippen LogP contribution is 2.34. The summed E-state index contributed by atoms with van der Waals surface area (Å²) in [5.41, 5.74) is 7.51. The molecule has 136 valence electrons. The van der Waals surface area contributed by atoms with Crippen molar-refractivity contribution in [1.29, 1.82) is 0 Å². The summed E-state index contributed by atoms with van der Waals surface area (Å²) in [6, 6.07) is 2.51. The number of aryl methyl sites for hydroxylation is 1. The number of likely N-dealkylation sites (tertiary alicyclic amines) is 1. The van der Waals surface area contributed by atoms with Gasteiger partial charge in [0.2, 0.25) is 0 Å². The second-order valence-corrected chi connectivity index (χ2v) is 7.73. The molecular formula is C16H29IN6S. The van der Waals surface area contributed by atoms with Gasteiger partial charge in [0.1, 0.15) is 0 Å². The highest BCUT2D eigenvalue weighted by Gasteiger charge is 2.32. The van der Waals surface area contributed by atoms with Crippen molar-refractivity contribution in [3.05, 3.63) is 18.0 Å². The molecule has 1 aromatic rings. The van der Waals surface area contributed by atoms with Crippen LogP contribution in [0.1, 0.15) is 24.6 Å². The Bertz CT molecular complexity index is 542. The van der Waals surface area contributed by atoms with E-state index in [1.54, 1.807) is 0 Å². The second kappa shape index (κ2) is 9.28. The Morgan fingerprint density at radius 1 is 1.33 bits per heavy atom. The van der Waals surface area contributed by atoms with Gasteiger partial charge in [0, 0.05) is 44.4 Å². The summed E-state index contributed by atoms with van der Waals surface area (Å²) >= 11 is 1.99. The van der Waals surface area contributed by atoms with Crippen molar-refractivity contribution in [3.63, 3.8) is 0 Å². The molecule has 0 aromatic carbocycles. The first-order valence-electron chi connectivity index (χ1n) is 8.47. The normalized spacial score (nSPS) is 26.2. The molecule has 0 amide bonds. The molecule has 0 unspecified atom stereocenters. The zero-order valence-corrected chi connectivity index (χ0v) is 17.7.